The molecule has 110 valence electrons. The summed E-state index contributed by atoms with van der Waals surface area (Å²) in [7, 11) is -4.04. The van der Waals surface area contributed by atoms with E-state index in [1.165, 1.54) is 6.07 Å². The molecule has 0 aliphatic carbocycles. The van der Waals surface area contributed by atoms with Crippen LogP contribution in [0.15, 0.2) is 23.1 Å². The van der Waals surface area contributed by atoms with Gasteiger partial charge in [-0.3, -0.25) is 9.59 Å². The molecule has 20 heavy (non-hydrogen) atoms. The summed E-state index contributed by atoms with van der Waals surface area (Å²) in [6.07, 6.45) is -0.612. The number of carboxylic acid groups (broad SMARTS) is 1. The van der Waals surface area contributed by atoms with Crippen molar-refractivity contribution in [1.82, 2.24) is 4.72 Å². The van der Waals surface area contributed by atoms with Crippen molar-refractivity contribution in [2.75, 3.05) is 0 Å². The molecule has 1 unspecified atom stereocenters. The predicted octanol–water partition coefficient (Wildman–Crippen LogP) is -0.0897. The molecular weight excluding hydrogens is 284 g/mol. The van der Waals surface area contributed by atoms with Gasteiger partial charge >= 0.3 is 5.97 Å². The van der Waals surface area contributed by atoms with Crippen LogP contribution in [0, 0.1) is 13.8 Å². The zero-order valence-corrected chi connectivity index (χ0v) is 11.9. The Hall–Kier alpha value is -1.93. The zero-order chi connectivity index (χ0) is 15.5. The first-order chi connectivity index (χ1) is 9.13. The molecule has 0 fully saturated rings. The van der Waals surface area contributed by atoms with E-state index in [0.717, 1.165) is 5.56 Å². The van der Waals surface area contributed by atoms with Crippen LogP contribution in [0.3, 0.4) is 0 Å². The maximum Gasteiger partial charge on any atom is 0.322 e. The van der Waals surface area contributed by atoms with Gasteiger partial charge in [0.25, 0.3) is 0 Å². The fraction of sp³-hybridized carbons (Fsp3) is 0.333. The minimum Gasteiger partial charge on any atom is -0.480 e. The van der Waals surface area contributed by atoms with Gasteiger partial charge in [0.2, 0.25) is 15.9 Å². The van der Waals surface area contributed by atoms with Crippen LogP contribution in [0.2, 0.25) is 0 Å². The van der Waals surface area contributed by atoms with Crippen LogP contribution >= 0.6 is 0 Å². The molecule has 0 aliphatic rings. The quantitative estimate of drug-likeness (QED) is 0.676. The molecule has 4 N–H and O–H groups in total. The molecule has 0 aromatic heterocycles. The van der Waals surface area contributed by atoms with Crippen molar-refractivity contribution in [3.05, 3.63) is 29.3 Å². The highest BCUT2D eigenvalue weighted by Crippen LogP contribution is 2.17. The molecule has 7 nitrogen and oxygen atoms in total. The third-order valence-electron chi connectivity index (χ3n) is 2.63. The number of aliphatic carboxylic acids is 1. The summed E-state index contributed by atoms with van der Waals surface area (Å²) in [4.78, 5) is 21.7. The minimum absolute atomic E-state index is 0.0202. The van der Waals surface area contributed by atoms with E-state index >= 15 is 0 Å². The van der Waals surface area contributed by atoms with Gasteiger partial charge in [-0.25, -0.2) is 8.42 Å². The topological polar surface area (TPSA) is 127 Å². The largest absolute Gasteiger partial charge is 0.480 e. The smallest absolute Gasteiger partial charge is 0.322 e. The number of carbonyl (C=O) groups is 2. The fourth-order valence-electron chi connectivity index (χ4n) is 1.63. The number of hydrogen-bond acceptors (Lipinski definition) is 4. The van der Waals surface area contributed by atoms with Crippen LogP contribution in [0.25, 0.3) is 0 Å². The Balaban J connectivity index is 3.12. The van der Waals surface area contributed by atoms with Crippen molar-refractivity contribution >= 4 is 21.9 Å². The highest BCUT2D eigenvalue weighted by atomic mass is 32.2. The molecule has 8 heteroatoms. The average Bonchev–Trinajstić information content (AvgIpc) is 2.30. The second-order valence-corrected chi connectivity index (χ2v) is 6.13. The number of nitrogens with one attached hydrogen (secondary N) is 1. The Morgan fingerprint density at radius 2 is 1.95 bits per heavy atom. The number of aryl methyl sites for hydroxylation is 2. The normalized spacial score (nSPS) is 12.9. The number of primary amides is 1. The third kappa shape index (κ3) is 4.04. The average molecular weight is 300 g/mol. The van der Waals surface area contributed by atoms with Crippen molar-refractivity contribution in [2.45, 2.75) is 31.2 Å². The Bertz CT molecular complexity index is 639. The van der Waals surface area contributed by atoms with E-state index in [0.29, 0.717) is 5.56 Å². The van der Waals surface area contributed by atoms with Gasteiger partial charge in [0.05, 0.1) is 11.3 Å². The van der Waals surface area contributed by atoms with Gasteiger partial charge in [0.15, 0.2) is 0 Å². The summed E-state index contributed by atoms with van der Waals surface area (Å²) in [5.41, 5.74) is 6.10. The van der Waals surface area contributed by atoms with Crippen LogP contribution in [0.5, 0.6) is 0 Å². The maximum atomic E-state index is 12.2. The van der Waals surface area contributed by atoms with Gasteiger partial charge in [-0.15, -0.1) is 0 Å². The Morgan fingerprint density at radius 1 is 1.35 bits per heavy atom. The molecule has 0 aliphatic heterocycles. The minimum atomic E-state index is -4.04. The van der Waals surface area contributed by atoms with Gasteiger partial charge in [-0.1, -0.05) is 12.1 Å². The second-order valence-electron chi connectivity index (χ2n) is 4.45. The van der Waals surface area contributed by atoms with E-state index in [4.69, 9.17) is 10.8 Å². The molecule has 1 amide bonds. The molecule has 1 rings (SSSR count). The summed E-state index contributed by atoms with van der Waals surface area (Å²) in [5.74, 6) is -2.36. The molecule has 0 saturated carbocycles. The number of carboxylic acids is 1. The lowest BCUT2D eigenvalue weighted by molar-refractivity contribution is -0.140. The van der Waals surface area contributed by atoms with E-state index in [9.17, 15) is 18.0 Å². The van der Waals surface area contributed by atoms with E-state index in [1.54, 1.807) is 26.0 Å². The van der Waals surface area contributed by atoms with Crippen LogP contribution in [-0.2, 0) is 19.6 Å². The molecule has 0 bridgehead atoms. The number of amides is 1. The van der Waals surface area contributed by atoms with Gasteiger partial charge in [0.1, 0.15) is 6.04 Å². The van der Waals surface area contributed by atoms with Crippen LogP contribution in [0.1, 0.15) is 17.5 Å². The standard InChI is InChI=1S/C12H16N2O5S/c1-7-3-4-8(2)10(5-7)20(18,19)14-9(12(16)17)6-11(13)15/h3-5,9,14H,6H2,1-2H3,(H2,13,15)(H,16,17). The van der Waals surface area contributed by atoms with Crippen LogP contribution < -0.4 is 10.5 Å². The number of nitrogens with two attached hydrogens (primary N) is 1. The van der Waals surface area contributed by atoms with Crippen molar-refractivity contribution in [1.29, 1.82) is 0 Å². The molecule has 0 radical (unpaired) electrons. The highest BCUT2D eigenvalue weighted by Gasteiger charge is 2.27. The number of carbonyl (C=O) groups excluding carboxylic acids is 1. The van der Waals surface area contributed by atoms with Crippen molar-refractivity contribution < 1.29 is 23.1 Å². The SMILES string of the molecule is Cc1ccc(C)c(S(=O)(=O)NC(CC(N)=O)C(=O)O)c1. The van der Waals surface area contributed by atoms with Crippen molar-refractivity contribution in [3.8, 4) is 0 Å². The monoisotopic (exact) mass is 300 g/mol. The maximum absolute atomic E-state index is 12.2. The molecule has 0 heterocycles. The summed E-state index contributed by atoms with van der Waals surface area (Å²) in [5, 5.41) is 8.92. The summed E-state index contributed by atoms with van der Waals surface area (Å²) < 4.78 is 26.3. The molecule has 0 spiro atoms. The van der Waals surface area contributed by atoms with Crippen LogP contribution in [-0.4, -0.2) is 31.4 Å². The number of benzene rings is 1. The fourth-order valence-corrected chi connectivity index (χ4v) is 3.15. The van der Waals surface area contributed by atoms with E-state index in [-0.39, 0.29) is 4.90 Å². The van der Waals surface area contributed by atoms with Crippen molar-refractivity contribution in [3.63, 3.8) is 0 Å². The van der Waals surface area contributed by atoms with E-state index < -0.39 is 34.4 Å². The van der Waals surface area contributed by atoms with Gasteiger partial charge in [0, 0.05) is 0 Å². The number of hydrogen-bond donors (Lipinski definition) is 3. The molecular formula is C12H16N2O5S. The molecule has 1 aromatic carbocycles. The van der Waals surface area contributed by atoms with Gasteiger partial charge in [-0.2, -0.15) is 4.72 Å². The molecule has 1 aromatic rings. The van der Waals surface area contributed by atoms with E-state index in [1.807, 2.05) is 4.72 Å². The van der Waals surface area contributed by atoms with Crippen molar-refractivity contribution in [2.24, 2.45) is 5.73 Å². The lowest BCUT2D eigenvalue weighted by Gasteiger charge is -2.15. The summed E-state index contributed by atoms with van der Waals surface area (Å²) in [6.45, 7) is 3.31. The molecule has 1 atom stereocenters. The van der Waals surface area contributed by atoms with E-state index in [2.05, 4.69) is 0 Å². The lowest BCUT2D eigenvalue weighted by Crippen LogP contribution is -2.43. The zero-order valence-electron chi connectivity index (χ0n) is 11.1. The third-order valence-corrected chi connectivity index (χ3v) is 4.25. The summed E-state index contributed by atoms with van der Waals surface area (Å²) in [6, 6.07) is 3.21. The predicted molar refractivity (Wildman–Crippen MR) is 71.5 cm³/mol. The second kappa shape index (κ2) is 6.02. The molecule has 0 saturated heterocycles. The lowest BCUT2D eigenvalue weighted by atomic mass is 10.2. The van der Waals surface area contributed by atoms with Crippen LogP contribution in [0.4, 0.5) is 0 Å². The number of sulfonamides is 1. The van der Waals surface area contributed by atoms with Gasteiger partial charge in [-0.05, 0) is 31.0 Å². The van der Waals surface area contributed by atoms with Gasteiger partial charge < -0.3 is 10.8 Å². The first-order valence-corrected chi connectivity index (χ1v) is 7.22. The Morgan fingerprint density at radius 3 is 2.45 bits per heavy atom. The Labute approximate surface area is 116 Å². The summed E-state index contributed by atoms with van der Waals surface area (Å²) >= 11 is 0. The Kier molecular flexibility index (Phi) is 4.85. The first-order valence-electron chi connectivity index (χ1n) is 5.74. The first kappa shape index (κ1) is 16.1. The number of rotatable bonds is 6. The highest BCUT2D eigenvalue weighted by molar-refractivity contribution is 7.89.